The zero-order valence-electron chi connectivity index (χ0n) is 19.0. The lowest BCUT2D eigenvalue weighted by Crippen LogP contribution is -2.18. The molecule has 0 fully saturated rings. The number of rotatable bonds is 9. The summed E-state index contributed by atoms with van der Waals surface area (Å²) >= 11 is 3.47. The van der Waals surface area contributed by atoms with Gasteiger partial charge < -0.3 is 19.3 Å². The van der Waals surface area contributed by atoms with E-state index >= 15 is 0 Å². The summed E-state index contributed by atoms with van der Waals surface area (Å²) < 4.78 is 27.9. The first kappa shape index (κ1) is 23.9. The van der Waals surface area contributed by atoms with Crippen LogP contribution in [0, 0.1) is 0 Å². The molecule has 0 saturated carbocycles. The van der Waals surface area contributed by atoms with Crippen LogP contribution in [0.4, 0.5) is 11.4 Å². The normalized spacial score (nSPS) is 12.0. The second-order valence-corrected chi connectivity index (χ2v) is 10.8. The van der Waals surface area contributed by atoms with Crippen molar-refractivity contribution in [2.75, 3.05) is 24.3 Å². The van der Waals surface area contributed by atoms with Crippen molar-refractivity contribution >= 4 is 34.9 Å². The van der Waals surface area contributed by atoms with Crippen molar-refractivity contribution < 1.29 is 13.6 Å². The SMILES string of the molecule is CN(C)c1ccc(C(Nc2ccc(Br)cc2)P(=O)(Oc2ccccc2)Oc2ccccc2)cc1. The zero-order chi connectivity index (χ0) is 24.0. The van der Waals surface area contributed by atoms with Crippen LogP contribution in [0.3, 0.4) is 0 Å². The van der Waals surface area contributed by atoms with E-state index in [1.54, 1.807) is 24.3 Å². The molecule has 174 valence electrons. The second-order valence-electron chi connectivity index (χ2n) is 7.89. The predicted molar refractivity (Wildman–Crippen MR) is 143 cm³/mol. The van der Waals surface area contributed by atoms with Crippen molar-refractivity contribution in [3.8, 4) is 11.5 Å². The standard InChI is InChI=1S/C27H26BrN2O3P/c1-30(2)24-19-13-21(14-20-24)27(29-23-17-15-22(28)16-18-23)34(31,32-25-9-5-3-6-10-25)33-26-11-7-4-8-12-26/h3-20,27,29H,1-2H3. The first-order valence-corrected chi connectivity index (χ1v) is 13.2. The highest BCUT2D eigenvalue weighted by Crippen LogP contribution is 2.60. The summed E-state index contributed by atoms with van der Waals surface area (Å²) in [6, 6.07) is 33.8. The molecule has 5 nitrogen and oxygen atoms in total. The molecule has 1 N–H and O–H groups in total. The molecule has 0 bridgehead atoms. The summed E-state index contributed by atoms with van der Waals surface area (Å²) in [5.41, 5.74) is 2.61. The van der Waals surface area contributed by atoms with Gasteiger partial charge in [-0.3, -0.25) is 0 Å². The van der Waals surface area contributed by atoms with Gasteiger partial charge in [-0.15, -0.1) is 0 Å². The van der Waals surface area contributed by atoms with Gasteiger partial charge in [0, 0.05) is 29.9 Å². The molecule has 1 unspecified atom stereocenters. The number of nitrogens with zero attached hydrogens (tertiary/aromatic N) is 1. The number of benzene rings is 4. The number of hydrogen-bond acceptors (Lipinski definition) is 5. The summed E-state index contributed by atoms with van der Waals surface area (Å²) in [7, 11) is 0.114. The topological polar surface area (TPSA) is 50.8 Å². The summed E-state index contributed by atoms with van der Waals surface area (Å²) in [4.78, 5) is 2.02. The fourth-order valence-electron chi connectivity index (χ4n) is 3.38. The Morgan fingerprint density at radius 3 is 1.71 bits per heavy atom. The molecule has 7 heteroatoms. The molecule has 4 aromatic rings. The molecule has 4 aromatic carbocycles. The first-order valence-electron chi connectivity index (χ1n) is 10.8. The Balaban J connectivity index is 1.79. The third kappa shape index (κ3) is 6.02. The average molecular weight is 537 g/mol. The van der Waals surface area contributed by atoms with Crippen LogP contribution in [0.5, 0.6) is 11.5 Å². The molecule has 0 aliphatic rings. The van der Waals surface area contributed by atoms with Crippen LogP contribution < -0.4 is 19.3 Å². The van der Waals surface area contributed by atoms with E-state index in [1.165, 1.54) is 0 Å². The molecule has 1 atom stereocenters. The fraction of sp³-hybridized carbons (Fsp3) is 0.111. The molecule has 4 rings (SSSR count). The molecule has 0 saturated heterocycles. The fourth-order valence-corrected chi connectivity index (χ4v) is 5.57. The van der Waals surface area contributed by atoms with Gasteiger partial charge in [-0.05, 0) is 66.2 Å². The van der Waals surface area contributed by atoms with E-state index in [4.69, 9.17) is 9.05 Å². The summed E-state index contributed by atoms with van der Waals surface area (Å²) in [5, 5.41) is 3.40. The van der Waals surface area contributed by atoms with Crippen molar-refractivity contribution in [2.45, 2.75) is 5.78 Å². The van der Waals surface area contributed by atoms with Gasteiger partial charge in [0.05, 0.1) is 0 Å². The maximum Gasteiger partial charge on any atom is 0.457 e. The summed E-state index contributed by atoms with van der Waals surface area (Å²) in [5.74, 6) is 0.161. The molecule has 34 heavy (non-hydrogen) atoms. The Kier molecular flexibility index (Phi) is 7.61. The molecule has 0 spiro atoms. The van der Waals surface area contributed by atoms with Crippen LogP contribution >= 0.6 is 23.5 Å². The van der Waals surface area contributed by atoms with E-state index < -0.39 is 13.4 Å². The summed E-state index contributed by atoms with van der Waals surface area (Å²) in [6.45, 7) is 0. The van der Waals surface area contributed by atoms with Gasteiger partial charge in [-0.25, -0.2) is 4.57 Å². The zero-order valence-corrected chi connectivity index (χ0v) is 21.4. The molecular weight excluding hydrogens is 511 g/mol. The van der Waals surface area contributed by atoms with Gasteiger partial charge >= 0.3 is 7.60 Å². The third-order valence-corrected chi connectivity index (χ3v) is 7.66. The molecular formula is C27H26BrN2O3P. The minimum absolute atomic E-state index is 0.467. The lowest BCUT2D eigenvalue weighted by Gasteiger charge is -2.29. The minimum atomic E-state index is -3.85. The van der Waals surface area contributed by atoms with E-state index in [1.807, 2.05) is 104 Å². The number of halogens is 1. The van der Waals surface area contributed by atoms with E-state index in [9.17, 15) is 4.57 Å². The van der Waals surface area contributed by atoms with Crippen LogP contribution in [-0.4, -0.2) is 14.1 Å². The Labute approximate surface area is 209 Å². The van der Waals surface area contributed by atoms with Gasteiger partial charge in [0.1, 0.15) is 11.5 Å². The van der Waals surface area contributed by atoms with Crippen LogP contribution in [0.25, 0.3) is 0 Å². The van der Waals surface area contributed by atoms with Crippen LogP contribution in [0.1, 0.15) is 11.3 Å². The Hall–Kier alpha value is -3.21. The number of nitrogens with one attached hydrogen (secondary N) is 1. The monoisotopic (exact) mass is 536 g/mol. The highest BCUT2D eigenvalue weighted by Gasteiger charge is 2.41. The Morgan fingerprint density at radius 2 is 1.24 bits per heavy atom. The quantitative estimate of drug-likeness (QED) is 0.220. The van der Waals surface area contributed by atoms with E-state index in [0.717, 1.165) is 21.4 Å². The molecule has 0 aliphatic heterocycles. The lowest BCUT2D eigenvalue weighted by atomic mass is 10.2. The van der Waals surface area contributed by atoms with Crippen molar-refractivity contribution in [1.82, 2.24) is 0 Å². The van der Waals surface area contributed by atoms with Gasteiger partial charge in [-0.1, -0.05) is 64.5 Å². The van der Waals surface area contributed by atoms with E-state index in [-0.39, 0.29) is 0 Å². The molecule has 0 aliphatic carbocycles. The van der Waals surface area contributed by atoms with Crippen molar-refractivity contribution in [3.63, 3.8) is 0 Å². The number of para-hydroxylation sites is 2. The third-order valence-electron chi connectivity index (χ3n) is 5.14. The largest absolute Gasteiger partial charge is 0.457 e. The Bertz CT molecular complexity index is 1190. The average Bonchev–Trinajstić information content (AvgIpc) is 2.85. The second kappa shape index (κ2) is 10.8. The first-order chi connectivity index (χ1) is 16.4. The highest BCUT2D eigenvalue weighted by atomic mass is 79.9. The number of anilines is 2. The number of hydrogen-bond donors (Lipinski definition) is 1. The lowest BCUT2D eigenvalue weighted by molar-refractivity contribution is 0.376. The van der Waals surface area contributed by atoms with Gasteiger partial charge in [0.15, 0.2) is 5.78 Å². The minimum Gasteiger partial charge on any atom is -0.414 e. The maximum atomic E-state index is 14.6. The highest BCUT2D eigenvalue weighted by molar-refractivity contribution is 9.10. The van der Waals surface area contributed by atoms with E-state index in [0.29, 0.717) is 11.5 Å². The maximum absolute atomic E-state index is 14.6. The van der Waals surface area contributed by atoms with Crippen LogP contribution in [0.15, 0.2) is 114 Å². The van der Waals surface area contributed by atoms with Crippen molar-refractivity contribution in [1.29, 1.82) is 0 Å². The smallest absolute Gasteiger partial charge is 0.414 e. The summed E-state index contributed by atoms with van der Waals surface area (Å²) in [6.07, 6.45) is 0. The molecule has 0 amide bonds. The van der Waals surface area contributed by atoms with Crippen LogP contribution in [-0.2, 0) is 4.57 Å². The van der Waals surface area contributed by atoms with Crippen LogP contribution in [0.2, 0.25) is 0 Å². The predicted octanol–water partition coefficient (Wildman–Crippen LogP) is 7.98. The molecule has 0 radical (unpaired) electrons. The van der Waals surface area contributed by atoms with Crippen molar-refractivity contribution in [2.24, 2.45) is 0 Å². The van der Waals surface area contributed by atoms with E-state index in [2.05, 4.69) is 21.2 Å². The van der Waals surface area contributed by atoms with Crippen molar-refractivity contribution in [3.05, 3.63) is 119 Å². The molecule has 0 heterocycles. The Morgan fingerprint density at radius 1 is 0.735 bits per heavy atom. The van der Waals surface area contributed by atoms with Gasteiger partial charge in [0.25, 0.3) is 0 Å². The van der Waals surface area contributed by atoms with Gasteiger partial charge in [-0.2, -0.15) is 0 Å². The molecule has 0 aromatic heterocycles. The van der Waals surface area contributed by atoms with Gasteiger partial charge in [0.2, 0.25) is 0 Å².